The monoisotopic (exact) mass is 254 g/mol. The number of amides is 1. The number of rotatable bonds is 5. The van der Waals surface area contributed by atoms with Crippen LogP contribution in [-0.4, -0.2) is 22.8 Å². The van der Waals surface area contributed by atoms with Gasteiger partial charge in [0.1, 0.15) is 0 Å². The Labute approximate surface area is 108 Å². The first-order valence-corrected chi connectivity index (χ1v) is 6.37. The van der Waals surface area contributed by atoms with Crippen LogP contribution in [0.15, 0.2) is 18.3 Å². The molecule has 0 aliphatic heterocycles. The molecule has 0 saturated carbocycles. The fraction of sp³-hybridized carbons (Fsp3) is 0.538. The number of nitrogens with one attached hydrogen (secondary N) is 1. The largest absolute Gasteiger partial charge is 0.349 e. The number of alkyl halides is 1. The van der Waals surface area contributed by atoms with E-state index in [0.29, 0.717) is 17.4 Å². The van der Waals surface area contributed by atoms with Crippen molar-refractivity contribution in [3.05, 3.63) is 29.6 Å². The molecule has 0 radical (unpaired) electrons. The summed E-state index contributed by atoms with van der Waals surface area (Å²) in [4.78, 5) is 16.1. The highest BCUT2D eigenvalue weighted by molar-refractivity contribution is 6.17. The summed E-state index contributed by atoms with van der Waals surface area (Å²) in [6.45, 7) is 6.04. The van der Waals surface area contributed by atoms with Crippen LogP contribution in [-0.2, 0) is 0 Å². The number of nitrogens with zero attached hydrogens (tertiary/aromatic N) is 1. The van der Waals surface area contributed by atoms with E-state index in [2.05, 4.69) is 24.1 Å². The van der Waals surface area contributed by atoms with Crippen molar-refractivity contribution in [2.24, 2.45) is 5.92 Å². The van der Waals surface area contributed by atoms with Gasteiger partial charge in [0.05, 0.1) is 5.56 Å². The second kappa shape index (κ2) is 6.60. The SMILES string of the molecule is Cc1ccc(C(=O)NC(CCCl)C(C)C)cn1. The average Bonchev–Trinajstić information content (AvgIpc) is 2.29. The highest BCUT2D eigenvalue weighted by Gasteiger charge is 2.16. The van der Waals surface area contributed by atoms with E-state index in [1.54, 1.807) is 12.3 Å². The minimum absolute atomic E-state index is 0.0821. The topological polar surface area (TPSA) is 42.0 Å². The Balaban J connectivity index is 2.66. The van der Waals surface area contributed by atoms with E-state index >= 15 is 0 Å². The van der Waals surface area contributed by atoms with Crippen LogP contribution >= 0.6 is 11.6 Å². The molecule has 1 unspecified atom stereocenters. The van der Waals surface area contributed by atoms with E-state index in [1.807, 2.05) is 13.0 Å². The van der Waals surface area contributed by atoms with E-state index in [9.17, 15) is 4.79 Å². The maximum absolute atomic E-state index is 12.0. The maximum atomic E-state index is 12.0. The molecule has 1 amide bonds. The molecule has 0 aliphatic rings. The van der Waals surface area contributed by atoms with E-state index in [4.69, 9.17) is 11.6 Å². The molecule has 4 heteroatoms. The highest BCUT2D eigenvalue weighted by atomic mass is 35.5. The van der Waals surface area contributed by atoms with Crippen molar-refractivity contribution in [3.63, 3.8) is 0 Å². The van der Waals surface area contributed by atoms with Crippen LogP contribution in [0.5, 0.6) is 0 Å². The van der Waals surface area contributed by atoms with Gasteiger partial charge < -0.3 is 5.32 Å². The average molecular weight is 255 g/mol. The van der Waals surface area contributed by atoms with Crippen molar-refractivity contribution in [1.29, 1.82) is 0 Å². The van der Waals surface area contributed by atoms with Gasteiger partial charge in [0, 0.05) is 23.8 Å². The Hall–Kier alpha value is -1.09. The molecule has 0 fully saturated rings. The third-order valence-electron chi connectivity index (χ3n) is 2.71. The summed E-state index contributed by atoms with van der Waals surface area (Å²) >= 11 is 5.73. The van der Waals surface area contributed by atoms with Crippen LogP contribution in [0, 0.1) is 12.8 Å². The first-order valence-electron chi connectivity index (χ1n) is 5.84. The van der Waals surface area contributed by atoms with Crippen molar-refractivity contribution in [2.75, 3.05) is 5.88 Å². The van der Waals surface area contributed by atoms with Crippen molar-refractivity contribution in [3.8, 4) is 0 Å². The van der Waals surface area contributed by atoms with E-state index in [-0.39, 0.29) is 11.9 Å². The van der Waals surface area contributed by atoms with Gasteiger partial charge in [-0.2, -0.15) is 0 Å². The molecule has 0 aromatic carbocycles. The number of aryl methyl sites for hydroxylation is 1. The number of aromatic nitrogens is 1. The molecule has 0 bridgehead atoms. The molecular formula is C13H19ClN2O. The lowest BCUT2D eigenvalue weighted by molar-refractivity contribution is 0.0924. The minimum atomic E-state index is -0.0821. The maximum Gasteiger partial charge on any atom is 0.253 e. The molecule has 1 aromatic rings. The van der Waals surface area contributed by atoms with Crippen LogP contribution in [0.25, 0.3) is 0 Å². The normalized spacial score (nSPS) is 12.5. The molecular weight excluding hydrogens is 236 g/mol. The second-order valence-electron chi connectivity index (χ2n) is 4.49. The van der Waals surface area contributed by atoms with Crippen LogP contribution in [0.1, 0.15) is 36.3 Å². The van der Waals surface area contributed by atoms with E-state index in [1.165, 1.54) is 0 Å². The standard InChI is InChI=1S/C13H19ClN2O/c1-9(2)12(6-7-14)16-13(17)11-5-4-10(3)15-8-11/h4-5,8-9,12H,6-7H2,1-3H3,(H,16,17). The molecule has 3 nitrogen and oxygen atoms in total. The summed E-state index contributed by atoms with van der Waals surface area (Å²) in [5.74, 6) is 0.840. The Kier molecular flexibility index (Phi) is 5.42. The molecule has 1 heterocycles. The summed E-state index contributed by atoms with van der Waals surface area (Å²) < 4.78 is 0. The summed E-state index contributed by atoms with van der Waals surface area (Å²) in [5, 5.41) is 2.99. The third-order valence-corrected chi connectivity index (χ3v) is 2.93. The van der Waals surface area contributed by atoms with Crippen molar-refractivity contribution >= 4 is 17.5 Å². The van der Waals surface area contributed by atoms with Gasteiger partial charge in [-0.3, -0.25) is 9.78 Å². The quantitative estimate of drug-likeness (QED) is 0.821. The Morgan fingerprint density at radius 1 is 1.47 bits per heavy atom. The molecule has 1 N–H and O–H groups in total. The van der Waals surface area contributed by atoms with Gasteiger partial charge in [0.25, 0.3) is 5.91 Å². The Morgan fingerprint density at radius 2 is 2.18 bits per heavy atom. The molecule has 0 spiro atoms. The van der Waals surface area contributed by atoms with Crippen molar-refractivity contribution in [1.82, 2.24) is 10.3 Å². The Morgan fingerprint density at radius 3 is 2.65 bits per heavy atom. The van der Waals surface area contributed by atoms with Gasteiger partial charge in [-0.1, -0.05) is 13.8 Å². The van der Waals surface area contributed by atoms with Gasteiger partial charge >= 0.3 is 0 Å². The zero-order valence-corrected chi connectivity index (χ0v) is 11.3. The predicted molar refractivity (Wildman–Crippen MR) is 70.4 cm³/mol. The molecule has 1 aromatic heterocycles. The lowest BCUT2D eigenvalue weighted by Gasteiger charge is -2.21. The number of carbonyl (C=O) groups excluding carboxylic acids is 1. The molecule has 0 aliphatic carbocycles. The zero-order chi connectivity index (χ0) is 12.8. The van der Waals surface area contributed by atoms with E-state index in [0.717, 1.165) is 12.1 Å². The number of carbonyl (C=O) groups is 1. The summed E-state index contributed by atoms with van der Waals surface area (Å²) in [6.07, 6.45) is 2.38. The molecule has 94 valence electrons. The van der Waals surface area contributed by atoms with Gasteiger partial charge in [0.2, 0.25) is 0 Å². The fourth-order valence-corrected chi connectivity index (χ4v) is 1.78. The Bertz CT molecular complexity index is 362. The summed E-state index contributed by atoms with van der Waals surface area (Å²) in [5.41, 5.74) is 1.50. The molecule has 17 heavy (non-hydrogen) atoms. The third kappa shape index (κ3) is 4.35. The molecule has 0 saturated heterocycles. The minimum Gasteiger partial charge on any atom is -0.349 e. The van der Waals surface area contributed by atoms with Gasteiger partial charge in [-0.25, -0.2) is 0 Å². The first-order chi connectivity index (χ1) is 8.04. The van der Waals surface area contributed by atoms with Gasteiger partial charge in [-0.15, -0.1) is 11.6 Å². The van der Waals surface area contributed by atoms with Crippen LogP contribution in [0.2, 0.25) is 0 Å². The fourth-order valence-electron chi connectivity index (χ4n) is 1.54. The van der Waals surface area contributed by atoms with Crippen molar-refractivity contribution in [2.45, 2.75) is 33.2 Å². The van der Waals surface area contributed by atoms with Crippen LogP contribution < -0.4 is 5.32 Å². The highest BCUT2D eigenvalue weighted by Crippen LogP contribution is 2.09. The number of pyridine rings is 1. The predicted octanol–water partition coefficient (Wildman–Crippen LogP) is 2.77. The van der Waals surface area contributed by atoms with Crippen LogP contribution in [0.3, 0.4) is 0 Å². The molecule has 1 atom stereocenters. The molecule has 1 rings (SSSR count). The second-order valence-corrected chi connectivity index (χ2v) is 4.87. The lowest BCUT2D eigenvalue weighted by Crippen LogP contribution is -2.38. The van der Waals surface area contributed by atoms with Crippen LogP contribution in [0.4, 0.5) is 0 Å². The summed E-state index contributed by atoms with van der Waals surface area (Å²) in [7, 11) is 0. The van der Waals surface area contributed by atoms with Gasteiger partial charge in [0.15, 0.2) is 0 Å². The van der Waals surface area contributed by atoms with Gasteiger partial charge in [-0.05, 0) is 31.4 Å². The number of halogens is 1. The first kappa shape index (κ1) is 14.0. The van der Waals surface area contributed by atoms with E-state index < -0.39 is 0 Å². The number of hydrogen-bond acceptors (Lipinski definition) is 2. The zero-order valence-electron chi connectivity index (χ0n) is 10.5. The smallest absolute Gasteiger partial charge is 0.253 e. The number of hydrogen-bond donors (Lipinski definition) is 1. The van der Waals surface area contributed by atoms with Crippen molar-refractivity contribution < 1.29 is 4.79 Å². The summed E-state index contributed by atoms with van der Waals surface area (Å²) in [6, 6.07) is 3.73. The lowest BCUT2D eigenvalue weighted by atomic mass is 10.0.